The first-order valence-corrected chi connectivity index (χ1v) is 7.22. The van der Waals surface area contributed by atoms with E-state index < -0.39 is 0 Å². The van der Waals surface area contributed by atoms with Crippen molar-refractivity contribution in [3.05, 3.63) is 40.0 Å². The molecule has 1 N–H and O–H groups in total. The second-order valence-electron chi connectivity index (χ2n) is 4.18. The van der Waals surface area contributed by atoms with Gasteiger partial charge in [0.2, 0.25) is 0 Å². The van der Waals surface area contributed by atoms with Gasteiger partial charge in [0.05, 0.1) is 10.6 Å². The van der Waals surface area contributed by atoms with Crippen LogP contribution in [0.2, 0.25) is 0 Å². The molecule has 3 rings (SSSR count). The minimum absolute atomic E-state index is 0.784. The second kappa shape index (κ2) is 4.66. The number of hydrogen-bond donors (Lipinski definition) is 1. The molecule has 0 amide bonds. The maximum absolute atomic E-state index is 5.39. The van der Waals surface area contributed by atoms with Crippen LogP contribution in [0, 0.1) is 4.64 Å². The van der Waals surface area contributed by atoms with Crippen LogP contribution in [0.4, 0.5) is 0 Å². The fourth-order valence-corrected chi connectivity index (χ4v) is 2.95. The summed E-state index contributed by atoms with van der Waals surface area (Å²) in [6.07, 6.45) is 2.06. The normalized spacial score (nSPS) is 11.2. The molecule has 0 unspecified atom stereocenters. The van der Waals surface area contributed by atoms with E-state index in [0.29, 0.717) is 0 Å². The summed E-state index contributed by atoms with van der Waals surface area (Å²) in [6.45, 7) is 2.15. The average molecular weight is 275 g/mol. The van der Waals surface area contributed by atoms with Crippen LogP contribution in [-0.2, 0) is 6.42 Å². The lowest BCUT2D eigenvalue weighted by molar-refractivity contribution is 0.853. The molecule has 0 aromatic carbocycles. The van der Waals surface area contributed by atoms with E-state index in [2.05, 4.69) is 34.5 Å². The molecule has 18 heavy (non-hydrogen) atoms. The largest absolute Gasteiger partial charge is 0.290 e. The Morgan fingerprint density at radius 2 is 2.33 bits per heavy atom. The smallest absolute Gasteiger partial charge is 0.155 e. The van der Waals surface area contributed by atoms with Crippen LogP contribution in [0.5, 0.6) is 0 Å². The fraction of sp³-hybridized carbons (Fsp3) is 0.231. The van der Waals surface area contributed by atoms with Gasteiger partial charge in [-0.3, -0.25) is 5.10 Å². The molecule has 0 saturated heterocycles. The highest BCUT2D eigenvalue weighted by atomic mass is 32.1. The molecule has 0 aliphatic heterocycles. The predicted octanol–water partition coefficient (Wildman–Crippen LogP) is 4.07. The van der Waals surface area contributed by atoms with E-state index in [1.165, 1.54) is 4.88 Å². The third kappa shape index (κ3) is 2.00. The molecule has 3 nitrogen and oxygen atoms in total. The summed E-state index contributed by atoms with van der Waals surface area (Å²) in [5.41, 5.74) is 3.03. The minimum atomic E-state index is 0.784. The Morgan fingerprint density at radius 1 is 1.44 bits per heavy atom. The zero-order chi connectivity index (χ0) is 12.5. The minimum Gasteiger partial charge on any atom is -0.290 e. The molecule has 3 aromatic heterocycles. The lowest BCUT2D eigenvalue weighted by Gasteiger charge is -1.99. The van der Waals surface area contributed by atoms with E-state index in [0.717, 1.165) is 34.5 Å². The third-order valence-corrected chi connectivity index (χ3v) is 4.00. The van der Waals surface area contributed by atoms with Gasteiger partial charge in [-0.2, -0.15) is 0 Å². The van der Waals surface area contributed by atoms with Crippen LogP contribution in [0.1, 0.15) is 19.0 Å². The van der Waals surface area contributed by atoms with E-state index >= 15 is 0 Å². The fourth-order valence-electron chi connectivity index (χ4n) is 1.98. The third-order valence-electron chi connectivity index (χ3n) is 2.80. The first-order valence-electron chi connectivity index (χ1n) is 5.93. The molecule has 0 bridgehead atoms. The van der Waals surface area contributed by atoms with Crippen molar-refractivity contribution in [1.82, 2.24) is 14.6 Å². The van der Waals surface area contributed by atoms with Crippen LogP contribution < -0.4 is 0 Å². The SMILES string of the molecule is CCCc1cc(=S)n2[nH]c(-c3cccs3)cc2n1. The predicted molar refractivity (Wildman–Crippen MR) is 77.7 cm³/mol. The Labute approximate surface area is 114 Å². The quantitative estimate of drug-likeness (QED) is 0.731. The highest BCUT2D eigenvalue weighted by Gasteiger charge is 2.06. The van der Waals surface area contributed by atoms with Gasteiger partial charge in [0.1, 0.15) is 4.64 Å². The number of nitrogens with one attached hydrogen (secondary N) is 1. The Kier molecular flexibility index (Phi) is 3.01. The summed E-state index contributed by atoms with van der Waals surface area (Å²) < 4.78 is 2.65. The van der Waals surface area contributed by atoms with E-state index in [1.54, 1.807) is 11.3 Å². The van der Waals surface area contributed by atoms with Crippen LogP contribution in [-0.4, -0.2) is 14.6 Å². The number of rotatable bonds is 3. The molecular formula is C13H13N3S2. The molecule has 0 saturated carbocycles. The Morgan fingerprint density at radius 3 is 3.06 bits per heavy atom. The van der Waals surface area contributed by atoms with E-state index in [1.807, 2.05) is 16.6 Å². The lowest BCUT2D eigenvalue weighted by atomic mass is 10.2. The van der Waals surface area contributed by atoms with Gasteiger partial charge in [0, 0.05) is 11.8 Å². The summed E-state index contributed by atoms with van der Waals surface area (Å²) in [5.74, 6) is 0. The monoisotopic (exact) mass is 275 g/mol. The molecule has 5 heteroatoms. The number of fused-ring (bicyclic) bond motifs is 1. The van der Waals surface area contributed by atoms with Crippen LogP contribution in [0.25, 0.3) is 16.2 Å². The number of aromatic nitrogens is 3. The number of thiophene rings is 1. The standard InChI is InChI=1S/C13H13N3S2/c1-2-4-9-7-13(17)16-12(14-9)8-10(15-16)11-5-3-6-18-11/h3,5-8,15H,2,4H2,1H3. The summed E-state index contributed by atoms with van der Waals surface area (Å²) in [7, 11) is 0. The molecule has 0 atom stereocenters. The van der Waals surface area contributed by atoms with Gasteiger partial charge in [-0.15, -0.1) is 11.3 Å². The Hall–Kier alpha value is -1.46. The molecule has 3 heterocycles. The molecule has 0 aliphatic carbocycles. The number of hydrogen-bond acceptors (Lipinski definition) is 3. The van der Waals surface area contributed by atoms with Gasteiger partial charge in [0.25, 0.3) is 0 Å². The zero-order valence-electron chi connectivity index (χ0n) is 10.0. The molecule has 0 fully saturated rings. The Bertz CT molecular complexity index is 722. The van der Waals surface area contributed by atoms with Gasteiger partial charge in [-0.25, -0.2) is 9.50 Å². The van der Waals surface area contributed by atoms with Gasteiger partial charge in [0.15, 0.2) is 5.65 Å². The van der Waals surface area contributed by atoms with Crippen molar-refractivity contribution in [2.45, 2.75) is 19.8 Å². The molecule has 3 aromatic rings. The average Bonchev–Trinajstić information content (AvgIpc) is 2.97. The lowest BCUT2D eigenvalue weighted by Crippen LogP contribution is -1.96. The number of aromatic amines is 1. The summed E-state index contributed by atoms with van der Waals surface area (Å²) in [6, 6.07) is 8.16. The van der Waals surface area contributed by atoms with Crippen molar-refractivity contribution < 1.29 is 0 Å². The maximum atomic E-state index is 5.39. The summed E-state index contributed by atoms with van der Waals surface area (Å²) >= 11 is 7.10. The molecular weight excluding hydrogens is 262 g/mol. The van der Waals surface area contributed by atoms with Crippen molar-refractivity contribution in [2.75, 3.05) is 0 Å². The summed E-state index contributed by atoms with van der Waals surface area (Å²) in [4.78, 5) is 5.83. The maximum Gasteiger partial charge on any atom is 0.155 e. The first-order chi connectivity index (χ1) is 8.78. The van der Waals surface area contributed by atoms with Crippen molar-refractivity contribution in [2.24, 2.45) is 0 Å². The number of nitrogens with zero attached hydrogens (tertiary/aromatic N) is 2. The van der Waals surface area contributed by atoms with Crippen molar-refractivity contribution in [3.63, 3.8) is 0 Å². The van der Waals surface area contributed by atoms with E-state index in [4.69, 9.17) is 12.2 Å². The molecule has 0 spiro atoms. The Balaban J connectivity index is 2.17. The van der Waals surface area contributed by atoms with Crippen molar-refractivity contribution >= 4 is 29.2 Å². The highest BCUT2D eigenvalue weighted by molar-refractivity contribution is 7.71. The van der Waals surface area contributed by atoms with Gasteiger partial charge in [-0.1, -0.05) is 31.6 Å². The molecule has 0 radical (unpaired) electrons. The number of aryl methyl sites for hydroxylation is 1. The highest BCUT2D eigenvalue weighted by Crippen LogP contribution is 2.24. The first kappa shape index (κ1) is 11.6. The number of H-pyrrole nitrogens is 1. The van der Waals surface area contributed by atoms with E-state index in [-0.39, 0.29) is 0 Å². The van der Waals surface area contributed by atoms with Gasteiger partial charge >= 0.3 is 0 Å². The van der Waals surface area contributed by atoms with E-state index in [9.17, 15) is 0 Å². The molecule has 92 valence electrons. The summed E-state index contributed by atoms with van der Waals surface area (Å²) in [5, 5.41) is 5.36. The van der Waals surface area contributed by atoms with Crippen molar-refractivity contribution in [1.29, 1.82) is 0 Å². The van der Waals surface area contributed by atoms with Crippen molar-refractivity contribution in [3.8, 4) is 10.6 Å². The van der Waals surface area contributed by atoms with Crippen LogP contribution in [0.15, 0.2) is 29.6 Å². The molecule has 0 aliphatic rings. The van der Waals surface area contributed by atoms with Gasteiger partial charge in [-0.05, 0) is 23.9 Å². The van der Waals surface area contributed by atoms with Crippen LogP contribution in [0.3, 0.4) is 0 Å². The van der Waals surface area contributed by atoms with Gasteiger partial charge < -0.3 is 0 Å². The van der Waals surface area contributed by atoms with Crippen LogP contribution >= 0.6 is 23.6 Å². The zero-order valence-corrected chi connectivity index (χ0v) is 11.6. The second-order valence-corrected chi connectivity index (χ2v) is 5.54. The topological polar surface area (TPSA) is 33.1 Å².